The Bertz CT molecular complexity index is 572. The monoisotopic (exact) mass is 363 g/mol. The van der Waals surface area contributed by atoms with Crippen LogP contribution in [0.15, 0.2) is 24.3 Å². The smallest absolute Gasteiger partial charge is 0.234 e. The predicted octanol–water partition coefficient (Wildman–Crippen LogP) is 3.15. The first-order valence-electron chi connectivity index (χ1n) is 9.58. The largest absolute Gasteiger partial charge is 0.352 e. The summed E-state index contributed by atoms with van der Waals surface area (Å²) in [7, 11) is 0. The van der Waals surface area contributed by atoms with E-state index in [0.29, 0.717) is 18.5 Å². The highest BCUT2D eigenvalue weighted by molar-refractivity contribution is 6.30. The Kier molecular flexibility index (Phi) is 6.74. The minimum atomic E-state index is 0.196. The molecule has 1 aromatic carbocycles. The Morgan fingerprint density at radius 1 is 1.16 bits per heavy atom. The van der Waals surface area contributed by atoms with Crippen molar-refractivity contribution in [2.24, 2.45) is 5.92 Å². The summed E-state index contributed by atoms with van der Waals surface area (Å²) in [5.74, 6) is 0.814. The van der Waals surface area contributed by atoms with Gasteiger partial charge in [0.05, 0.1) is 6.54 Å². The topological polar surface area (TPSA) is 35.6 Å². The van der Waals surface area contributed by atoms with E-state index in [0.717, 1.165) is 44.2 Å². The van der Waals surface area contributed by atoms with E-state index < -0.39 is 0 Å². The number of benzene rings is 1. The maximum Gasteiger partial charge on any atom is 0.234 e. The van der Waals surface area contributed by atoms with Gasteiger partial charge in [0.25, 0.3) is 0 Å². The lowest BCUT2D eigenvalue weighted by Gasteiger charge is -2.35. The molecule has 0 radical (unpaired) electrons. The maximum atomic E-state index is 12.4. The summed E-state index contributed by atoms with van der Waals surface area (Å²) in [6.07, 6.45) is 4.94. The average molecular weight is 364 g/mol. The number of nitrogens with zero attached hydrogens (tertiary/aromatic N) is 2. The van der Waals surface area contributed by atoms with Crippen molar-refractivity contribution in [2.75, 3.05) is 32.7 Å². The molecule has 0 bridgehead atoms. The first-order valence-corrected chi connectivity index (χ1v) is 9.96. The first-order chi connectivity index (χ1) is 12.1. The summed E-state index contributed by atoms with van der Waals surface area (Å²) >= 11 is 6.06. The zero-order valence-corrected chi connectivity index (χ0v) is 16.0. The summed E-state index contributed by atoms with van der Waals surface area (Å²) in [6.45, 7) is 7.63. The van der Waals surface area contributed by atoms with Crippen LogP contribution in [0, 0.1) is 5.92 Å². The van der Waals surface area contributed by atoms with Crippen molar-refractivity contribution in [3.63, 3.8) is 0 Å². The quantitative estimate of drug-likeness (QED) is 0.872. The highest BCUT2D eigenvalue weighted by Crippen LogP contribution is 2.23. The van der Waals surface area contributed by atoms with Gasteiger partial charge in [-0.1, -0.05) is 43.5 Å². The van der Waals surface area contributed by atoms with Gasteiger partial charge in [0.15, 0.2) is 0 Å². The zero-order chi connectivity index (χ0) is 17.6. The third kappa shape index (κ3) is 5.70. The first kappa shape index (κ1) is 18.7. The second kappa shape index (κ2) is 9.02. The summed E-state index contributed by atoms with van der Waals surface area (Å²) < 4.78 is 0. The summed E-state index contributed by atoms with van der Waals surface area (Å²) in [5.41, 5.74) is 1.25. The van der Waals surface area contributed by atoms with Crippen LogP contribution in [0.5, 0.6) is 0 Å². The molecule has 0 unspecified atom stereocenters. The van der Waals surface area contributed by atoms with E-state index in [1.807, 2.05) is 18.2 Å². The lowest BCUT2D eigenvalue weighted by molar-refractivity contribution is -0.124. The van der Waals surface area contributed by atoms with Crippen molar-refractivity contribution in [3.8, 4) is 0 Å². The van der Waals surface area contributed by atoms with E-state index in [-0.39, 0.29) is 5.91 Å². The molecular formula is C20H30ClN3O. The van der Waals surface area contributed by atoms with Gasteiger partial charge in [0.2, 0.25) is 5.91 Å². The van der Waals surface area contributed by atoms with Crippen molar-refractivity contribution in [2.45, 2.75) is 45.2 Å². The van der Waals surface area contributed by atoms with E-state index in [9.17, 15) is 4.79 Å². The molecule has 5 heteroatoms. The molecule has 1 amide bonds. The molecule has 0 aromatic heterocycles. The Morgan fingerprint density at radius 2 is 1.88 bits per heavy atom. The number of carbonyl (C=O) groups excluding carboxylic acids is 1. The molecule has 1 saturated carbocycles. The van der Waals surface area contributed by atoms with Crippen molar-refractivity contribution in [1.82, 2.24) is 15.1 Å². The maximum absolute atomic E-state index is 12.4. The minimum Gasteiger partial charge on any atom is -0.352 e. The molecule has 138 valence electrons. The number of piperazine rings is 1. The number of hydrogen-bond acceptors (Lipinski definition) is 3. The third-order valence-electron chi connectivity index (χ3n) is 5.59. The van der Waals surface area contributed by atoms with Crippen LogP contribution in [0.2, 0.25) is 5.02 Å². The standard InChI is InChI=1S/C20H30ClN3O/c1-16-5-2-3-8-19(16)22-20(25)15-24-11-9-23(10-12-24)14-17-6-4-7-18(21)13-17/h4,6-7,13,16,19H,2-3,5,8-12,14-15H2,1H3,(H,22,25)/t16-,19-/m1/s1. The lowest BCUT2D eigenvalue weighted by atomic mass is 9.86. The Labute approximate surface area is 156 Å². The highest BCUT2D eigenvalue weighted by atomic mass is 35.5. The Balaban J connectivity index is 1.39. The van der Waals surface area contributed by atoms with Crippen LogP contribution in [-0.2, 0) is 11.3 Å². The van der Waals surface area contributed by atoms with E-state index in [2.05, 4.69) is 28.1 Å². The SMILES string of the molecule is C[C@@H]1CCCC[C@H]1NC(=O)CN1CCN(Cc2cccc(Cl)c2)CC1. The van der Waals surface area contributed by atoms with Crippen molar-refractivity contribution >= 4 is 17.5 Å². The average Bonchev–Trinajstić information content (AvgIpc) is 2.59. The zero-order valence-electron chi connectivity index (χ0n) is 15.2. The lowest BCUT2D eigenvalue weighted by Crippen LogP contribution is -2.51. The molecule has 1 aliphatic carbocycles. The van der Waals surface area contributed by atoms with Crippen LogP contribution in [0.4, 0.5) is 0 Å². The molecule has 4 nitrogen and oxygen atoms in total. The number of carbonyl (C=O) groups is 1. The molecule has 25 heavy (non-hydrogen) atoms. The molecule has 1 aliphatic heterocycles. The normalized spacial score (nSPS) is 25.7. The molecule has 2 fully saturated rings. The molecular weight excluding hydrogens is 334 g/mol. The molecule has 2 atom stereocenters. The Morgan fingerprint density at radius 3 is 2.60 bits per heavy atom. The van der Waals surface area contributed by atoms with Gasteiger partial charge in [-0.2, -0.15) is 0 Å². The van der Waals surface area contributed by atoms with E-state index in [4.69, 9.17) is 11.6 Å². The van der Waals surface area contributed by atoms with Crippen molar-refractivity contribution in [3.05, 3.63) is 34.9 Å². The molecule has 1 N–H and O–H groups in total. The van der Waals surface area contributed by atoms with Crippen molar-refractivity contribution in [1.29, 1.82) is 0 Å². The number of hydrogen-bond donors (Lipinski definition) is 1. The minimum absolute atomic E-state index is 0.196. The predicted molar refractivity (Wildman–Crippen MR) is 103 cm³/mol. The number of halogens is 1. The van der Waals surface area contributed by atoms with E-state index >= 15 is 0 Å². The fourth-order valence-electron chi connectivity index (χ4n) is 3.99. The molecule has 0 spiro atoms. The summed E-state index contributed by atoms with van der Waals surface area (Å²) in [5, 5.41) is 4.06. The van der Waals surface area contributed by atoms with Crippen LogP contribution >= 0.6 is 11.6 Å². The number of rotatable bonds is 5. The van der Waals surface area contributed by atoms with Gasteiger partial charge in [-0.25, -0.2) is 0 Å². The van der Waals surface area contributed by atoms with Crippen molar-refractivity contribution < 1.29 is 4.79 Å². The van der Waals surface area contributed by atoms with Crippen LogP contribution in [0.25, 0.3) is 0 Å². The van der Waals surface area contributed by atoms with Gasteiger partial charge in [0, 0.05) is 43.8 Å². The van der Waals surface area contributed by atoms with Crippen LogP contribution in [0.3, 0.4) is 0 Å². The molecule has 1 saturated heterocycles. The molecule has 1 heterocycles. The van der Waals surface area contributed by atoms with E-state index in [1.165, 1.54) is 24.8 Å². The van der Waals surface area contributed by atoms with E-state index in [1.54, 1.807) is 0 Å². The number of nitrogens with one attached hydrogen (secondary N) is 1. The van der Waals surface area contributed by atoms with Gasteiger partial charge in [-0.3, -0.25) is 14.6 Å². The van der Waals surface area contributed by atoms with Crippen LogP contribution in [0.1, 0.15) is 38.2 Å². The van der Waals surface area contributed by atoms with Crippen LogP contribution in [-0.4, -0.2) is 54.5 Å². The van der Waals surface area contributed by atoms with Gasteiger partial charge in [-0.15, -0.1) is 0 Å². The van der Waals surface area contributed by atoms with Gasteiger partial charge >= 0.3 is 0 Å². The van der Waals surface area contributed by atoms with Gasteiger partial charge in [0.1, 0.15) is 0 Å². The van der Waals surface area contributed by atoms with Crippen LogP contribution < -0.4 is 5.32 Å². The molecule has 3 rings (SSSR count). The number of amides is 1. The van der Waals surface area contributed by atoms with Gasteiger partial charge < -0.3 is 5.32 Å². The highest BCUT2D eigenvalue weighted by Gasteiger charge is 2.24. The fraction of sp³-hybridized carbons (Fsp3) is 0.650. The molecule has 1 aromatic rings. The fourth-order valence-corrected chi connectivity index (χ4v) is 4.20. The summed E-state index contributed by atoms with van der Waals surface area (Å²) in [6, 6.07) is 8.45. The third-order valence-corrected chi connectivity index (χ3v) is 5.82. The second-order valence-corrected chi connectivity index (χ2v) is 8.05. The van der Waals surface area contributed by atoms with Gasteiger partial charge in [-0.05, 0) is 36.5 Å². The second-order valence-electron chi connectivity index (χ2n) is 7.62. The Hall–Kier alpha value is -1.10. The molecule has 2 aliphatic rings. The summed E-state index contributed by atoms with van der Waals surface area (Å²) in [4.78, 5) is 17.1.